The summed E-state index contributed by atoms with van der Waals surface area (Å²) < 4.78 is 5.73. The number of carboxylic acids is 1. The minimum atomic E-state index is -0.878. The van der Waals surface area contributed by atoms with Gasteiger partial charge >= 0.3 is 5.97 Å². The first-order chi connectivity index (χ1) is 10.5. The average molecular weight is 296 g/mol. The summed E-state index contributed by atoms with van der Waals surface area (Å²) in [6, 6.07) is 13.1. The van der Waals surface area contributed by atoms with Crippen LogP contribution in [0.25, 0.3) is 21.9 Å². The lowest BCUT2D eigenvalue weighted by Gasteiger charge is -2.07. The summed E-state index contributed by atoms with van der Waals surface area (Å²) >= 11 is 0. The second-order valence-electron chi connectivity index (χ2n) is 5.64. The van der Waals surface area contributed by atoms with Crippen molar-refractivity contribution in [1.82, 2.24) is 0 Å². The van der Waals surface area contributed by atoms with Crippen molar-refractivity contribution < 1.29 is 19.1 Å². The number of furan rings is 1. The highest BCUT2D eigenvalue weighted by Gasteiger charge is 2.16. The molecule has 0 aliphatic heterocycles. The van der Waals surface area contributed by atoms with Gasteiger partial charge in [-0.05, 0) is 30.2 Å². The lowest BCUT2D eigenvalue weighted by atomic mass is 9.96. The van der Waals surface area contributed by atoms with E-state index in [9.17, 15) is 9.59 Å². The van der Waals surface area contributed by atoms with Crippen LogP contribution in [0.4, 0.5) is 0 Å². The largest absolute Gasteiger partial charge is 0.481 e. The number of ketones is 1. The summed E-state index contributed by atoms with van der Waals surface area (Å²) in [5.41, 5.74) is 2.13. The van der Waals surface area contributed by atoms with E-state index in [0.717, 1.165) is 21.9 Å². The summed E-state index contributed by atoms with van der Waals surface area (Å²) in [6.45, 7) is 1.78. The molecule has 1 atom stereocenters. The smallest absolute Gasteiger partial charge is 0.303 e. The number of fused-ring (bicyclic) bond motifs is 3. The monoisotopic (exact) mass is 296 g/mol. The number of benzene rings is 2. The molecule has 112 valence electrons. The number of hydrogen-bond acceptors (Lipinski definition) is 3. The summed E-state index contributed by atoms with van der Waals surface area (Å²) in [7, 11) is 0. The fourth-order valence-corrected chi connectivity index (χ4v) is 2.70. The Morgan fingerprint density at radius 1 is 1.05 bits per heavy atom. The molecule has 0 spiro atoms. The molecule has 1 unspecified atom stereocenters. The number of carboxylic acid groups (broad SMARTS) is 1. The van der Waals surface area contributed by atoms with Gasteiger partial charge in [0.05, 0.1) is 0 Å². The van der Waals surface area contributed by atoms with Crippen LogP contribution in [-0.4, -0.2) is 16.9 Å². The van der Waals surface area contributed by atoms with E-state index in [2.05, 4.69) is 0 Å². The zero-order valence-corrected chi connectivity index (χ0v) is 12.2. The SMILES string of the molecule is CC(CC(=O)O)CC(=O)c1ccc2oc3ccccc3c2c1. The number of Topliss-reactive ketones (excluding diaryl/α,β-unsaturated/α-hetero) is 1. The molecule has 2 aromatic carbocycles. The molecule has 1 aromatic heterocycles. The Labute approximate surface area is 127 Å². The molecule has 4 heteroatoms. The van der Waals surface area contributed by atoms with Crippen LogP contribution in [0.1, 0.15) is 30.1 Å². The number of carbonyl (C=O) groups is 2. The quantitative estimate of drug-likeness (QED) is 0.714. The second-order valence-corrected chi connectivity index (χ2v) is 5.64. The molecule has 0 saturated heterocycles. The Morgan fingerprint density at radius 3 is 2.55 bits per heavy atom. The summed E-state index contributed by atoms with van der Waals surface area (Å²) in [5.74, 6) is -1.10. The number of hydrogen-bond donors (Lipinski definition) is 1. The maximum Gasteiger partial charge on any atom is 0.303 e. The van der Waals surface area contributed by atoms with Gasteiger partial charge in [-0.25, -0.2) is 0 Å². The number of aliphatic carboxylic acids is 1. The molecular weight excluding hydrogens is 280 g/mol. The zero-order chi connectivity index (χ0) is 15.7. The van der Waals surface area contributed by atoms with Crippen LogP contribution in [0.3, 0.4) is 0 Å². The van der Waals surface area contributed by atoms with Crippen LogP contribution in [0.2, 0.25) is 0 Å². The first kappa shape index (κ1) is 14.3. The molecule has 1 N–H and O–H groups in total. The lowest BCUT2D eigenvalue weighted by Crippen LogP contribution is -2.10. The standard InChI is InChI=1S/C18H16O4/c1-11(9-18(20)21)8-15(19)12-6-7-17-14(10-12)13-4-2-3-5-16(13)22-17/h2-7,10-11H,8-9H2,1H3,(H,20,21). The van der Waals surface area contributed by atoms with Crippen LogP contribution >= 0.6 is 0 Å². The van der Waals surface area contributed by atoms with Gasteiger partial charge in [0.25, 0.3) is 0 Å². The van der Waals surface area contributed by atoms with E-state index in [0.29, 0.717) is 5.56 Å². The van der Waals surface area contributed by atoms with E-state index in [-0.39, 0.29) is 24.5 Å². The topological polar surface area (TPSA) is 67.5 Å². The molecule has 0 radical (unpaired) electrons. The van der Waals surface area contributed by atoms with Gasteiger partial charge in [-0.15, -0.1) is 0 Å². The van der Waals surface area contributed by atoms with Crippen molar-refractivity contribution in [2.45, 2.75) is 19.8 Å². The van der Waals surface area contributed by atoms with Gasteiger partial charge < -0.3 is 9.52 Å². The maximum absolute atomic E-state index is 12.3. The van der Waals surface area contributed by atoms with Crippen molar-refractivity contribution in [1.29, 1.82) is 0 Å². The molecule has 1 heterocycles. The molecule has 0 aliphatic rings. The van der Waals surface area contributed by atoms with Gasteiger partial charge in [0, 0.05) is 29.2 Å². The van der Waals surface area contributed by atoms with Crippen LogP contribution in [-0.2, 0) is 4.79 Å². The van der Waals surface area contributed by atoms with E-state index < -0.39 is 5.97 Å². The Kier molecular flexibility index (Phi) is 3.67. The van der Waals surface area contributed by atoms with Crippen molar-refractivity contribution in [3.63, 3.8) is 0 Å². The summed E-state index contributed by atoms with van der Waals surface area (Å²) in [5, 5.41) is 10.7. The highest BCUT2D eigenvalue weighted by molar-refractivity contribution is 6.08. The predicted octanol–water partition coefficient (Wildman–Crippen LogP) is 4.27. The van der Waals surface area contributed by atoms with Gasteiger partial charge in [-0.1, -0.05) is 25.1 Å². The van der Waals surface area contributed by atoms with E-state index >= 15 is 0 Å². The third-order valence-corrected chi connectivity index (χ3v) is 3.76. The lowest BCUT2D eigenvalue weighted by molar-refractivity contribution is -0.137. The van der Waals surface area contributed by atoms with E-state index in [1.54, 1.807) is 19.1 Å². The first-order valence-electron chi connectivity index (χ1n) is 7.21. The van der Waals surface area contributed by atoms with Gasteiger partial charge in [0.2, 0.25) is 0 Å². The highest BCUT2D eigenvalue weighted by atomic mass is 16.4. The highest BCUT2D eigenvalue weighted by Crippen LogP contribution is 2.29. The fourth-order valence-electron chi connectivity index (χ4n) is 2.70. The van der Waals surface area contributed by atoms with Gasteiger partial charge in [0.1, 0.15) is 11.2 Å². The molecule has 3 rings (SSSR count). The second kappa shape index (κ2) is 5.64. The van der Waals surface area contributed by atoms with E-state index in [1.807, 2.05) is 30.3 Å². The number of rotatable bonds is 5. The molecule has 0 saturated carbocycles. The van der Waals surface area contributed by atoms with Crippen molar-refractivity contribution in [2.24, 2.45) is 5.92 Å². The normalized spacial score (nSPS) is 12.6. The predicted molar refractivity (Wildman–Crippen MR) is 84.1 cm³/mol. The molecule has 0 aliphatic carbocycles. The number of carbonyl (C=O) groups excluding carboxylic acids is 1. The molecule has 3 aromatic rings. The van der Waals surface area contributed by atoms with Crippen LogP contribution in [0, 0.1) is 5.92 Å². The number of para-hydroxylation sites is 1. The Bertz CT molecular complexity index is 860. The third-order valence-electron chi connectivity index (χ3n) is 3.76. The zero-order valence-electron chi connectivity index (χ0n) is 12.2. The molecule has 0 fully saturated rings. The van der Waals surface area contributed by atoms with Crippen molar-refractivity contribution in [2.75, 3.05) is 0 Å². The van der Waals surface area contributed by atoms with Gasteiger partial charge in [-0.3, -0.25) is 9.59 Å². The molecule has 0 amide bonds. The average Bonchev–Trinajstić information content (AvgIpc) is 2.83. The van der Waals surface area contributed by atoms with E-state index in [4.69, 9.17) is 9.52 Å². The Balaban J connectivity index is 1.92. The minimum Gasteiger partial charge on any atom is -0.481 e. The molecule has 22 heavy (non-hydrogen) atoms. The summed E-state index contributed by atoms with van der Waals surface area (Å²) in [6.07, 6.45) is 0.232. The Hall–Kier alpha value is -2.62. The summed E-state index contributed by atoms with van der Waals surface area (Å²) in [4.78, 5) is 23.0. The molecule has 4 nitrogen and oxygen atoms in total. The van der Waals surface area contributed by atoms with Crippen molar-refractivity contribution in [3.8, 4) is 0 Å². The van der Waals surface area contributed by atoms with Crippen LogP contribution in [0.5, 0.6) is 0 Å². The van der Waals surface area contributed by atoms with Crippen molar-refractivity contribution in [3.05, 3.63) is 48.0 Å². The van der Waals surface area contributed by atoms with E-state index in [1.165, 1.54) is 0 Å². The molecular formula is C18H16O4. The van der Waals surface area contributed by atoms with Gasteiger partial charge in [-0.2, -0.15) is 0 Å². The van der Waals surface area contributed by atoms with Crippen molar-refractivity contribution >= 4 is 33.7 Å². The maximum atomic E-state index is 12.3. The van der Waals surface area contributed by atoms with Gasteiger partial charge in [0.15, 0.2) is 5.78 Å². The minimum absolute atomic E-state index is 0.00260. The van der Waals surface area contributed by atoms with Crippen LogP contribution in [0.15, 0.2) is 46.9 Å². The molecule has 0 bridgehead atoms. The third kappa shape index (κ3) is 2.72. The Morgan fingerprint density at radius 2 is 1.77 bits per heavy atom. The first-order valence-corrected chi connectivity index (χ1v) is 7.21. The van der Waals surface area contributed by atoms with Crippen LogP contribution < -0.4 is 0 Å². The fraction of sp³-hybridized carbons (Fsp3) is 0.222.